The molecule has 6 nitrogen and oxygen atoms in total. The van der Waals surface area contributed by atoms with Crippen molar-refractivity contribution >= 4 is 33.9 Å². The van der Waals surface area contributed by atoms with Gasteiger partial charge in [0.25, 0.3) is 5.69 Å². The van der Waals surface area contributed by atoms with E-state index in [4.69, 9.17) is 21.2 Å². The first-order valence-corrected chi connectivity index (χ1v) is 7.59. The number of ether oxygens (including phenoxy) is 1. The van der Waals surface area contributed by atoms with E-state index in [1.54, 1.807) is 7.11 Å². The maximum atomic E-state index is 11.6. The van der Waals surface area contributed by atoms with Crippen LogP contribution in [0.5, 0.6) is 5.75 Å². The molecule has 1 aromatic heterocycles. The Balaban J connectivity index is 2.23. The Kier molecular flexibility index (Phi) is 3.93. The number of hydrogen-bond donors (Lipinski definition) is 0. The molecule has 2 unspecified atom stereocenters. The fourth-order valence-electron chi connectivity index (χ4n) is 2.93. The van der Waals surface area contributed by atoms with Crippen molar-refractivity contribution in [3.8, 4) is 5.75 Å². The molecule has 120 valence electrons. The zero-order chi connectivity index (χ0) is 16.7. The van der Waals surface area contributed by atoms with Gasteiger partial charge in [-0.25, -0.2) is 4.98 Å². The van der Waals surface area contributed by atoms with Crippen molar-refractivity contribution in [1.29, 1.82) is 0 Å². The van der Waals surface area contributed by atoms with Crippen LogP contribution in [-0.4, -0.2) is 35.7 Å². The van der Waals surface area contributed by atoms with Crippen LogP contribution >= 0.6 is 11.6 Å². The predicted octanol–water partition coefficient (Wildman–Crippen LogP) is 3.82. The van der Waals surface area contributed by atoms with E-state index in [0.717, 1.165) is 11.3 Å². The summed E-state index contributed by atoms with van der Waals surface area (Å²) >= 11 is 6.35. The van der Waals surface area contributed by atoms with Crippen LogP contribution in [0.2, 0.25) is 5.02 Å². The van der Waals surface area contributed by atoms with Crippen LogP contribution in [0.4, 0.5) is 5.69 Å². The third kappa shape index (κ3) is 2.53. The molecule has 0 saturated heterocycles. The maximum absolute atomic E-state index is 11.6. The van der Waals surface area contributed by atoms with Gasteiger partial charge in [-0.05, 0) is 26.0 Å². The minimum atomic E-state index is -0.0797. The number of halogens is 1. The quantitative estimate of drug-likeness (QED) is 0.800. The van der Waals surface area contributed by atoms with Gasteiger partial charge in [0.1, 0.15) is 23.1 Å². The molecule has 23 heavy (non-hydrogen) atoms. The molecule has 3 rings (SSSR count). The van der Waals surface area contributed by atoms with Gasteiger partial charge in [0.15, 0.2) is 7.05 Å². The van der Waals surface area contributed by atoms with Crippen molar-refractivity contribution < 1.29 is 14.3 Å². The molecule has 0 spiro atoms. The first-order chi connectivity index (χ1) is 10.9. The summed E-state index contributed by atoms with van der Waals surface area (Å²) in [6.45, 7) is 3.89. The van der Waals surface area contributed by atoms with Gasteiger partial charge in [0.2, 0.25) is 0 Å². The second-order valence-electron chi connectivity index (χ2n) is 5.59. The van der Waals surface area contributed by atoms with Gasteiger partial charge in [0, 0.05) is 20.6 Å². The van der Waals surface area contributed by atoms with Gasteiger partial charge in [-0.2, -0.15) is 0 Å². The van der Waals surface area contributed by atoms with Gasteiger partial charge < -0.3 is 9.57 Å². The summed E-state index contributed by atoms with van der Waals surface area (Å²) in [5.41, 5.74) is 2.85. The van der Waals surface area contributed by atoms with Crippen molar-refractivity contribution in [2.45, 2.75) is 25.9 Å². The summed E-state index contributed by atoms with van der Waals surface area (Å²) in [4.78, 5) is 21.3. The minimum absolute atomic E-state index is 0.00298. The highest BCUT2D eigenvalue weighted by atomic mass is 35.5. The molecule has 2 atom stereocenters. The summed E-state index contributed by atoms with van der Waals surface area (Å²) in [5, 5.41) is 5.09. The van der Waals surface area contributed by atoms with Crippen LogP contribution in [0.3, 0.4) is 0 Å². The monoisotopic (exact) mass is 334 g/mol. The zero-order valence-corrected chi connectivity index (χ0v) is 14.1. The number of rotatable bonds is 3. The minimum Gasteiger partial charge on any atom is -0.496 e. The highest BCUT2D eigenvalue weighted by Crippen LogP contribution is 2.40. The number of fused-ring (bicyclic) bond motifs is 1. The number of methoxy groups -OCH3 is 1. The number of hydrogen-bond acceptors (Lipinski definition) is 5. The first kappa shape index (κ1) is 15.7. The number of aromatic nitrogens is 1. The van der Waals surface area contributed by atoms with Gasteiger partial charge in [-0.1, -0.05) is 16.8 Å². The van der Waals surface area contributed by atoms with Crippen molar-refractivity contribution in [2.24, 2.45) is 5.16 Å². The Labute approximate surface area is 138 Å². The van der Waals surface area contributed by atoms with E-state index in [-0.39, 0.29) is 12.0 Å². The lowest BCUT2D eigenvalue weighted by Gasteiger charge is -2.18. The molecule has 0 radical (unpaired) electrons. The van der Waals surface area contributed by atoms with E-state index in [1.807, 2.05) is 26.0 Å². The second kappa shape index (κ2) is 5.77. The van der Waals surface area contributed by atoms with Gasteiger partial charge in [0.05, 0.1) is 24.3 Å². The number of pyridine rings is 1. The summed E-state index contributed by atoms with van der Waals surface area (Å²) in [6.07, 6.45) is 1.40. The average Bonchev–Trinajstić information content (AvgIpc) is 2.85. The van der Waals surface area contributed by atoms with Crippen LogP contribution < -0.4 is 4.74 Å². The van der Waals surface area contributed by atoms with E-state index in [9.17, 15) is 4.91 Å². The zero-order valence-electron chi connectivity index (χ0n) is 13.3. The van der Waals surface area contributed by atoms with Crippen molar-refractivity contribution in [3.05, 3.63) is 33.8 Å². The maximum Gasteiger partial charge on any atom is 0.292 e. The molecular weight excluding hydrogens is 318 g/mol. The normalized spacial score (nSPS) is 20.3. The summed E-state index contributed by atoms with van der Waals surface area (Å²) in [5.74, 6) is 0.667. The molecule has 2 aromatic rings. The lowest BCUT2D eigenvalue weighted by molar-refractivity contribution is -0.428. The number of nitrogens with zero attached hydrogens (tertiary/aromatic N) is 3. The Hall–Kier alpha value is -2.21. The molecule has 7 heteroatoms. The van der Waals surface area contributed by atoms with Crippen LogP contribution in [0.15, 0.2) is 23.5 Å². The lowest BCUT2D eigenvalue weighted by Crippen LogP contribution is -2.17. The van der Waals surface area contributed by atoms with Crippen LogP contribution in [0.25, 0.3) is 10.9 Å². The van der Waals surface area contributed by atoms with E-state index in [2.05, 4.69) is 10.1 Å². The largest absolute Gasteiger partial charge is 0.496 e. The van der Waals surface area contributed by atoms with Crippen molar-refractivity contribution in [1.82, 2.24) is 4.98 Å². The van der Waals surface area contributed by atoms with Crippen molar-refractivity contribution in [3.63, 3.8) is 0 Å². The smallest absolute Gasteiger partial charge is 0.292 e. The van der Waals surface area contributed by atoms with Crippen molar-refractivity contribution in [2.75, 3.05) is 14.2 Å². The molecule has 0 saturated carbocycles. The third-order valence-electron chi connectivity index (χ3n) is 4.09. The fourth-order valence-corrected chi connectivity index (χ4v) is 3.25. The topological polar surface area (TPSA) is 63.8 Å². The number of benzene rings is 1. The Morgan fingerprint density at radius 3 is 2.70 bits per heavy atom. The number of oxime groups is 1. The molecule has 1 aliphatic heterocycles. The fraction of sp³-hybridized carbons (Fsp3) is 0.375. The Morgan fingerprint density at radius 1 is 1.39 bits per heavy atom. The van der Waals surface area contributed by atoms with E-state index < -0.39 is 0 Å². The summed E-state index contributed by atoms with van der Waals surface area (Å²) in [6, 6.07) is 3.73. The lowest BCUT2D eigenvalue weighted by atomic mass is 9.89. The molecule has 0 bridgehead atoms. The molecule has 1 aromatic carbocycles. The summed E-state index contributed by atoms with van der Waals surface area (Å²) < 4.78 is 6.22. The average molecular weight is 335 g/mol. The third-order valence-corrected chi connectivity index (χ3v) is 4.49. The Morgan fingerprint density at radius 2 is 2.13 bits per heavy atom. The molecule has 0 N–H and O–H groups in total. The van der Waals surface area contributed by atoms with Crippen LogP contribution in [0, 0.1) is 4.91 Å². The van der Waals surface area contributed by atoms with E-state index >= 15 is 0 Å². The standard InChI is InChI=1S/C16H17ClN3O3/c1-8-15(9(2)23-19-8)11-5-12-10(6-14(11)22-4)16(17)13(7-18-12)20(3)21/h5-7,9,15H,1-4H3/q+1. The SMILES string of the molecule is COc1cc2c(Cl)c([N+](C)=O)cnc2cc1C1C(C)=NOC1C. The second-order valence-corrected chi connectivity index (χ2v) is 5.97. The highest BCUT2D eigenvalue weighted by Gasteiger charge is 2.32. The van der Waals surface area contributed by atoms with E-state index in [1.165, 1.54) is 13.2 Å². The van der Waals surface area contributed by atoms with E-state index in [0.29, 0.717) is 32.1 Å². The molecule has 0 aliphatic carbocycles. The molecule has 2 heterocycles. The molecule has 0 amide bonds. The molecule has 1 aliphatic rings. The summed E-state index contributed by atoms with van der Waals surface area (Å²) in [7, 11) is 2.99. The van der Waals surface area contributed by atoms with Crippen LogP contribution in [-0.2, 0) is 4.84 Å². The van der Waals surface area contributed by atoms with Gasteiger partial charge >= 0.3 is 0 Å². The van der Waals surface area contributed by atoms with Gasteiger partial charge in [-0.3, -0.25) is 0 Å². The molecular formula is C16H17ClN3O3+. The molecule has 0 fully saturated rings. The Bertz CT molecular complexity index is 835. The highest BCUT2D eigenvalue weighted by molar-refractivity contribution is 6.37. The predicted molar refractivity (Wildman–Crippen MR) is 88.9 cm³/mol. The van der Waals surface area contributed by atoms with Crippen LogP contribution in [0.1, 0.15) is 25.3 Å². The van der Waals surface area contributed by atoms with Gasteiger partial charge in [-0.15, -0.1) is 0 Å². The number of nitroso groups, excluding NO2 is 1. The first-order valence-electron chi connectivity index (χ1n) is 7.21.